The predicted molar refractivity (Wildman–Crippen MR) is 115 cm³/mol. The molecule has 2 N–H and O–H groups in total. The average molecular weight is 488 g/mol. The van der Waals surface area contributed by atoms with Crippen LogP contribution in [0.1, 0.15) is 18.4 Å². The van der Waals surface area contributed by atoms with E-state index >= 15 is 0 Å². The van der Waals surface area contributed by atoms with Crippen LogP contribution in [0.5, 0.6) is 0 Å². The molecule has 0 unspecified atom stereocenters. The summed E-state index contributed by atoms with van der Waals surface area (Å²) >= 11 is 1.43. The molecule has 170 valence electrons. The van der Waals surface area contributed by atoms with Crippen molar-refractivity contribution in [3.05, 3.63) is 63.5 Å². The second kappa shape index (κ2) is 9.61. The van der Waals surface area contributed by atoms with E-state index in [1.165, 1.54) is 52.0 Å². The van der Waals surface area contributed by atoms with E-state index in [9.17, 15) is 22.8 Å². The summed E-state index contributed by atoms with van der Waals surface area (Å²) in [7, 11) is 0. The molecule has 0 spiro atoms. The van der Waals surface area contributed by atoms with Crippen LogP contribution in [0.4, 0.5) is 13.2 Å². The molecule has 0 saturated carbocycles. The summed E-state index contributed by atoms with van der Waals surface area (Å²) in [6.07, 6.45) is 2.01. The summed E-state index contributed by atoms with van der Waals surface area (Å²) in [6, 6.07) is 2.10. The number of aromatic nitrogens is 7. The molecule has 0 aliphatic heterocycles. The maximum atomic E-state index is 13.6. The summed E-state index contributed by atoms with van der Waals surface area (Å²) in [5.74, 6) is 0.687. The molecule has 4 aromatic rings. The molecule has 4 rings (SSSR count). The van der Waals surface area contributed by atoms with Gasteiger partial charge in [0.05, 0.1) is 28.6 Å². The van der Waals surface area contributed by atoms with E-state index < -0.39 is 22.9 Å². The maximum Gasteiger partial charge on any atom is 0.418 e. The molecule has 32 heavy (non-hydrogen) atoms. The zero-order valence-corrected chi connectivity index (χ0v) is 17.9. The Morgan fingerprint density at radius 1 is 1.16 bits per heavy atom. The monoisotopic (exact) mass is 487 g/mol. The zero-order chi connectivity index (χ0) is 22.0. The van der Waals surface area contributed by atoms with Gasteiger partial charge in [0, 0.05) is 24.7 Å². The predicted octanol–water partition coefficient (Wildman–Crippen LogP) is 3.01. The lowest BCUT2D eigenvalue weighted by molar-refractivity contribution is -0.137. The number of halogens is 4. The highest BCUT2D eigenvalue weighted by molar-refractivity contribution is 7.99. The first-order valence-corrected chi connectivity index (χ1v) is 10.2. The summed E-state index contributed by atoms with van der Waals surface area (Å²) in [5, 5.41) is 7.14. The van der Waals surface area contributed by atoms with E-state index in [1.54, 1.807) is 0 Å². The highest BCUT2D eigenvalue weighted by Gasteiger charge is 2.35. The number of hydrogen-bond donors (Lipinski definition) is 2. The molecule has 0 radical (unpaired) electrons. The van der Waals surface area contributed by atoms with Gasteiger partial charge in [-0.1, -0.05) is 11.8 Å². The molecule has 1 aromatic carbocycles. The molecule has 0 fully saturated rings. The van der Waals surface area contributed by atoms with Crippen molar-refractivity contribution in [2.75, 3.05) is 5.75 Å². The third-order valence-electron chi connectivity index (χ3n) is 4.58. The zero-order valence-electron chi connectivity index (χ0n) is 16.3. The van der Waals surface area contributed by atoms with E-state index in [4.69, 9.17) is 0 Å². The van der Waals surface area contributed by atoms with Crippen LogP contribution >= 0.6 is 24.2 Å². The first-order chi connectivity index (χ1) is 14.8. The Bertz CT molecular complexity index is 1300. The van der Waals surface area contributed by atoms with Crippen molar-refractivity contribution < 1.29 is 13.2 Å². The lowest BCUT2D eigenvalue weighted by Crippen LogP contribution is -2.36. The molecule has 9 nitrogen and oxygen atoms in total. The first-order valence-electron chi connectivity index (χ1n) is 9.19. The molecule has 0 amide bonds. The van der Waals surface area contributed by atoms with E-state index in [0.29, 0.717) is 23.8 Å². The smallest absolute Gasteiger partial charge is 0.316 e. The fraction of sp³-hybridized carbons (Fsp3) is 0.278. The van der Waals surface area contributed by atoms with Gasteiger partial charge in [0.15, 0.2) is 0 Å². The number of fused-ring (bicyclic) bond motifs is 1. The van der Waals surface area contributed by atoms with Crippen molar-refractivity contribution in [1.29, 1.82) is 0 Å². The van der Waals surface area contributed by atoms with Crippen LogP contribution < -0.4 is 11.1 Å². The number of rotatable bonds is 7. The highest BCUT2D eigenvalue weighted by atomic mass is 35.5. The topological polar surface area (TPSA) is 114 Å². The van der Waals surface area contributed by atoms with E-state index in [2.05, 4.69) is 25.1 Å². The van der Waals surface area contributed by atoms with Gasteiger partial charge >= 0.3 is 17.3 Å². The Labute approximate surface area is 188 Å². The molecule has 0 saturated heterocycles. The Morgan fingerprint density at radius 2 is 1.97 bits per heavy atom. The van der Waals surface area contributed by atoms with Crippen LogP contribution in [0.3, 0.4) is 0 Å². The number of nitrogens with one attached hydrogen (secondary N) is 2. The second-order valence-corrected chi connectivity index (χ2v) is 7.66. The van der Waals surface area contributed by atoms with Gasteiger partial charge in [-0.3, -0.25) is 14.7 Å². The number of unbranched alkanes of at least 4 members (excludes halogenated alkanes) is 1. The number of thioether (sulfide) groups is 1. The Morgan fingerprint density at radius 3 is 2.62 bits per heavy atom. The van der Waals surface area contributed by atoms with E-state index in [1.807, 2.05) is 0 Å². The van der Waals surface area contributed by atoms with Crippen molar-refractivity contribution >= 4 is 35.2 Å². The fourth-order valence-electron chi connectivity index (χ4n) is 3.17. The van der Waals surface area contributed by atoms with Crippen LogP contribution in [0.2, 0.25) is 0 Å². The molecule has 0 bridgehead atoms. The Kier molecular flexibility index (Phi) is 7.09. The van der Waals surface area contributed by atoms with E-state index in [0.717, 1.165) is 6.07 Å². The van der Waals surface area contributed by atoms with Gasteiger partial charge in [0.2, 0.25) is 5.16 Å². The van der Waals surface area contributed by atoms with Gasteiger partial charge in [0.1, 0.15) is 6.33 Å². The van der Waals surface area contributed by atoms with Gasteiger partial charge in [-0.25, -0.2) is 9.97 Å². The maximum absolute atomic E-state index is 13.6. The normalized spacial score (nSPS) is 11.6. The summed E-state index contributed by atoms with van der Waals surface area (Å²) in [5.41, 5.74) is -2.75. The molecule has 14 heteroatoms. The van der Waals surface area contributed by atoms with Crippen molar-refractivity contribution in [3.8, 4) is 5.69 Å². The third kappa shape index (κ3) is 4.88. The van der Waals surface area contributed by atoms with Gasteiger partial charge in [-0.05, 0) is 25.0 Å². The lowest BCUT2D eigenvalue weighted by atomic mass is 10.1. The number of alkyl halides is 3. The van der Waals surface area contributed by atoms with Crippen molar-refractivity contribution in [2.45, 2.75) is 30.7 Å². The SMILES string of the molecule is Cl.O=c1[nH]c2cc(C(F)(F)F)c(-n3ccnc3)cc2n(CCCCSc2nc[nH]n2)c1=O. The van der Waals surface area contributed by atoms with Gasteiger partial charge in [-0.2, -0.15) is 13.2 Å². The van der Waals surface area contributed by atoms with Crippen molar-refractivity contribution in [1.82, 2.24) is 34.3 Å². The van der Waals surface area contributed by atoms with Gasteiger partial charge in [0.25, 0.3) is 0 Å². The van der Waals surface area contributed by atoms with Crippen LogP contribution in [-0.4, -0.2) is 40.0 Å². The van der Waals surface area contributed by atoms with Gasteiger partial charge < -0.3 is 14.1 Å². The minimum Gasteiger partial charge on any atom is -0.316 e. The molecular weight excluding hydrogens is 471 g/mol. The Hall–Kier alpha value is -3.06. The van der Waals surface area contributed by atoms with Crippen LogP contribution in [0.25, 0.3) is 16.7 Å². The largest absolute Gasteiger partial charge is 0.418 e. The second-order valence-electron chi connectivity index (χ2n) is 6.60. The molecule has 3 aromatic heterocycles. The number of aryl methyl sites for hydroxylation is 1. The van der Waals surface area contributed by atoms with Crippen LogP contribution in [-0.2, 0) is 12.7 Å². The molecule has 3 heterocycles. The number of hydrogen-bond acceptors (Lipinski definition) is 6. The minimum atomic E-state index is -4.66. The van der Waals surface area contributed by atoms with Crippen LogP contribution in [0, 0.1) is 0 Å². The first kappa shape index (κ1) is 23.6. The third-order valence-corrected chi connectivity index (χ3v) is 5.53. The lowest BCUT2D eigenvalue weighted by Gasteiger charge is -2.17. The quantitative estimate of drug-likeness (QED) is 0.235. The summed E-state index contributed by atoms with van der Waals surface area (Å²) in [4.78, 5) is 34.6. The molecule has 0 aliphatic rings. The van der Waals surface area contributed by atoms with Crippen molar-refractivity contribution in [2.24, 2.45) is 0 Å². The van der Waals surface area contributed by atoms with Gasteiger partial charge in [-0.15, -0.1) is 17.5 Å². The van der Waals surface area contributed by atoms with E-state index in [-0.39, 0.29) is 35.7 Å². The van der Waals surface area contributed by atoms with Crippen LogP contribution in [0.15, 0.2) is 51.9 Å². The number of aromatic amines is 2. The Balaban J connectivity index is 0.00000289. The average Bonchev–Trinajstić information content (AvgIpc) is 3.43. The highest BCUT2D eigenvalue weighted by Crippen LogP contribution is 2.35. The number of benzene rings is 1. The summed E-state index contributed by atoms with van der Waals surface area (Å²) < 4.78 is 43.4. The summed E-state index contributed by atoms with van der Waals surface area (Å²) in [6.45, 7) is 0.183. The number of nitrogens with zero attached hydrogens (tertiary/aromatic N) is 5. The standard InChI is InChI=1S/C18H16F3N7O2S.ClH/c19-18(20,21)11-7-12-14(8-13(11)27-5-3-22-10-27)28(16(30)15(29)25-12)4-1-2-6-31-17-23-9-24-26-17;/h3,5,7-10H,1-2,4,6H2,(H,25,29)(H,23,24,26);1H. The fourth-order valence-corrected chi connectivity index (χ4v) is 3.95. The minimum absolute atomic E-state index is 0. The molecule has 0 aliphatic carbocycles. The molecular formula is C18H17ClF3N7O2S. The van der Waals surface area contributed by atoms with Crippen molar-refractivity contribution in [3.63, 3.8) is 0 Å². The number of H-pyrrole nitrogens is 2. The number of imidazole rings is 1. The molecule has 0 atom stereocenters.